The third kappa shape index (κ3) is 2.67. The Balaban J connectivity index is 2.91. The molecule has 0 amide bonds. The van der Waals surface area contributed by atoms with Crippen molar-refractivity contribution in [2.45, 2.75) is 30.3 Å². The van der Waals surface area contributed by atoms with E-state index in [-0.39, 0.29) is 22.7 Å². The van der Waals surface area contributed by atoms with E-state index in [0.717, 1.165) is 0 Å². The zero-order valence-electron chi connectivity index (χ0n) is 8.09. The number of nitrogens with zero attached hydrogens (tertiary/aromatic N) is 2. The van der Waals surface area contributed by atoms with Crippen molar-refractivity contribution in [2.24, 2.45) is 7.05 Å². The Hall–Kier alpha value is -0.650. The molecule has 6 heteroatoms. The largest absolute Gasteiger partial charge is 0.447 e. The van der Waals surface area contributed by atoms with Gasteiger partial charge in [-0.05, 0) is 0 Å². The van der Waals surface area contributed by atoms with Gasteiger partial charge in [0, 0.05) is 24.7 Å². The van der Waals surface area contributed by atoms with Crippen LogP contribution in [0.2, 0.25) is 0 Å². The van der Waals surface area contributed by atoms with Crippen molar-refractivity contribution in [1.29, 1.82) is 0 Å². The minimum atomic E-state index is -4.25. The standard InChI is InChI=1S/C8H11F3N2S/c1-5(2)7-12-4-6(13(7)3)14-8(9,10)11/h4-5H,1-3H3. The van der Waals surface area contributed by atoms with Gasteiger partial charge < -0.3 is 4.57 Å². The summed E-state index contributed by atoms with van der Waals surface area (Å²) in [6.45, 7) is 3.79. The van der Waals surface area contributed by atoms with E-state index in [4.69, 9.17) is 0 Å². The Labute approximate surface area is 84.5 Å². The van der Waals surface area contributed by atoms with Gasteiger partial charge in [0.1, 0.15) is 10.9 Å². The molecule has 0 aliphatic rings. The lowest BCUT2D eigenvalue weighted by atomic mass is 10.2. The number of alkyl halides is 3. The van der Waals surface area contributed by atoms with Gasteiger partial charge in [-0.1, -0.05) is 13.8 Å². The highest BCUT2D eigenvalue weighted by Crippen LogP contribution is 2.37. The molecule has 1 heterocycles. The van der Waals surface area contributed by atoms with E-state index in [1.54, 1.807) is 7.05 Å². The Morgan fingerprint density at radius 1 is 1.43 bits per heavy atom. The fourth-order valence-electron chi connectivity index (χ4n) is 1.16. The highest BCUT2D eigenvalue weighted by atomic mass is 32.2. The van der Waals surface area contributed by atoms with Crippen LogP contribution in [-0.2, 0) is 7.05 Å². The normalized spacial score (nSPS) is 12.5. The van der Waals surface area contributed by atoms with Crippen molar-refractivity contribution in [3.05, 3.63) is 12.0 Å². The molecule has 0 saturated heterocycles. The van der Waals surface area contributed by atoms with Crippen LogP contribution in [-0.4, -0.2) is 15.1 Å². The Bertz CT molecular complexity index is 317. The smallest absolute Gasteiger partial charge is 0.326 e. The molecular weight excluding hydrogens is 213 g/mol. The van der Waals surface area contributed by atoms with Gasteiger partial charge in [0.15, 0.2) is 0 Å². The number of aromatic nitrogens is 2. The van der Waals surface area contributed by atoms with Crippen LogP contribution >= 0.6 is 11.8 Å². The van der Waals surface area contributed by atoms with Gasteiger partial charge in [-0.15, -0.1) is 0 Å². The second kappa shape index (κ2) is 3.84. The summed E-state index contributed by atoms with van der Waals surface area (Å²) in [5, 5.41) is 0.126. The lowest BCUT2D eigenvalue weighted by Gasteiger charge is -2.09. The summed E-state index contributed by atoms with van der Waals surface area (Å²) in [7, 11) is 1.59. The molecule has 0 atom stereocenters. The summed E-state index contributed by atoms with van der Waals surface area (Å²) in [6.07, 6.45) is 1.26. The molecular formula is C8H11F3N2S. The van der Waals surface area contributed by atoms with Crippen LogP contribution in [0.25, 0.3) is 0 Å². The molecule has 0 radical (unpaired) electrons. The molecule has 0 spiro atoms. The first-order valence-corrected chi connectivity index (χ1v) is 4.90. The van der Waals surface area contributed by atoms with Crippen molar-refractivity contribution in [1.82, 2.24) is 9.55 Å². The van der Waals surface area contributed by atoms with Gasteiger partial charge in [-0.25, -0.2) is 4.98 Å². The molecule has 0 N–H and O–H groups in total. The monoisotopic (exact) mass is 224 g/mol. The summed E-state index contributed by atoms with van der Waals surface area (Å²) >= 11 is -0.134. The van der Waals surface area contributed by atoms with Gasteiger partial charge in [0.25, 0.3) is 0 Å². The maximum Gasteiger partial charge on any atom is 0.447 e. The minimum Gasteiger partial charge on any atom is -0.326 e. The average molecular weight is 224 g/mol. The maximum atomic E-state index is 12.1. The highest BCUT2D eigenvalue weighted by Gasteiger charge is 2.31. The van der Waals surface area contributed by atoms with Gasteiger partial charge in [0.05, 0.1) is 6.20 Å². The van der Waals surface area contributed by atoms with E-state index < -0.39 is 5.51 Å². The van der Waals surface area contributed by atoms with Crippen LogP contribution in [0, 0.1) is 0 Å². The van der Waals surface area contributed by atoms with Crippen LogP contribution in [0.4, 0.5) is 13.2 Å². The predicted octanol–water partition coefficient (Wildman–Crippen LogP) is 3.16. The van der Waals surface area contributed by atoms with Gasteiger partial charge >= 0.3 is 5.51 Å². The molecule has 0 aromatic carbocycles. The highest BCUT2D eigenvalue weighted by molar-refractivity contribution is 8.00. The second-order valence-corrected chi connectivity index (χ2v) is 4.30. The van der Waals surface area contributed by atoms with Crippen molar-refractivity contribution in [3.63, 3.8) is 0 Å². The van der Waals surface area contributed by atoms with Gasteiger partial charge in [-0.2, -0.15) is 13.2 Å². The number of halogens is 3. The van der Waals surface area contributed by atoms with Gasteiger partial charge in [-0.3, -0.25) is 0 Å². The van der Waals surface area contributed by atoms with Crippen molar-refractivity contribution in [2.75, 3.05) is 0 Å². The lowest BCUT2D eigenvalue weighted by molar-refractivity contribution is -0.0330. The summed E-state index contributed by atoms with van der Waals surface area (Å²) in [6, 6.07) is 0. The molecule has 0 bridgehead atoms. The summed E-state index contributed by atoms with van der Waals surface area (Å²) in [5.41, 5.74) is -4.25. The molecule has 0 aliphatic carbocycles. The SMILES string of the molecule is CC(C)c1ncc(SC(F)(F)F)n1C. The third-order valence-electron chi connectivity index (χ3n) is 1.72. The fraction of sp³-hybridized carbons (Fsp3) is 0.625. The number of rotatable bonds is 2. The fourth-order valence-corrected chi connectivity index (χ4v) is 1.73. The summed E-state index contributed by atoms with van der Waals surface area (Å²) < 4.78 is 37.6. The molecule has 0 saturated carbocycles. The quantitative estimate of drug-likeness (QED) is 0.718. The third-order valence-corrected chi connectivity index (χ3v) is 2.54. The van der Waals surface area contributed by atoms with Crippen LogP contribution < -0.4 is 0 Å². The molecule has 1 aromatic heterocycles. The number of hydrogen-bond acceptors (Lipinski definition) is 2. The first-order chi connectivity index (χ1) is 6.31. The zero-order valence-corrected chi connectivity index (χ0v) is 8.91. The predicted molar refractivity (Wildman–Crippen MR) is 49.2 cm³/mol. The van der Waals surface area contributed by atoms with E-state index in [1.807, 2.05) is 13.8 Å². The minimum absolute atomic E-state index is 0.126. The zero-order chi connectivity index (χ0) is 10.9. The first-order valence-electron chi connectivity index (χ1n) is 4.08. The van der Waals surface area contributed by atoms with E-state index >= 15 is 0 Å². The molecule has 0 fully saturated rings. The van der Waals surface area contributed by atoms with Crippen LogP contribution in [0.5, 0.6) is 0 Å². The topological polar surface area (TPSA) is 17.8 Å². The summed E-state index contributed by atoms with van der Waals surface area (Å²) in [5.74, 6) is 0.791. The molecule has 1 aromatic rings. The molecule has 1 rings (SSSR count). The average Bonchev–Trinajstić information content (AvgIpc) is 2.29. The van der Waals surface area contributed by atoms with Gasteiger partial charge in [0.2, 0.25) is 0 Å². The number of imidazole rings is 1. The second-order valence-electron chi connectivity index (χ2n) is 3.22. The molecule has 80 valence electrons. The Kier molecular flexibility index (Phi) is 3.14. The van der Waals surface area contributed by atoms with Crippen LogP contribution in [0.15, 0.2) is 11.2 Å². The Morgan fingerprint density at radius 3 is 2.36 bits per heavy atom. The molecule has 2 nitrogen and oxygen atoms in total. The van der Waals surface area contributed by atoms with Crippen molar-refractivity contribution in [3.8, 4) is 0 Å². The number of thioether (sulfide) groups is 1. The van der Waals surface area contributed by atoms with Crippen molar-refractivity contribution < 1.29 is 13.2 Å². The molecule has 0 unspecified atom stereocenters. The first kappa shape index (κ1) is 11.4. The molecule has 0 aliphatic heterocycles. The van der Waals surface area contributed by atoms with E-state index in [0.29, 0.717) is 5.82 Å². The van der Waals surface area contributed by atoms with Crippen LogP contribution in [0.1, 0.15) is 25.6 Å². The van der Waals surface area contributed by atoms with Crippen LogP contribution in [0.3, 0.4) is 0 Å². The van der Waals surface area contributed by atoms with E-state index in [2.05, 4.69) is 4.98 Å². The van der Waals surface area contributed by atoms with E-state index in [1.165, 1.54) is 10.8 Å². The number of hydrogen-bond donors (Lipinski definition) is 0. The van der Waals surface area contributed by atoms with E-state index in [9.17, 15) is 13.2 Å². The molecule has 14 heavy (non-hydrogen) atoms. The lowest BCUT2D eigenvalue weighted by Crippen LogP contribution is -2.05. The Morgan fingerprint density at radius 2 is 2.00 bits per heavy atom. The van der Waals surface area contributed by atoms with Crippen molar-refractivity contribution >= 4 is 11.8 Å². The maximum absolute atomic E-state index is 12.1. The summed E-state index contributed by atoms with van der Waals surface area (Å²) in [4.78, 5) is 3.94.